The van der Waals surface area contributed by atoms with Gasteiger partial charge in [0.25, 0.3) is 0 Å². The Kier molecular flexibility index (Phi) is 2.98. The van der Waals surface area contributed by atoms with Gasteiger partial charge in [-0.3, -0.25) is 4.79 Å². The quantitative estimate of drug-likeness (QED) is 0.646. The van der Waals surface area contributed by atoms with Gasteiger partial charge in [0.2, 0.25) is 0 Å². The number of phenols is 1. The van der Waals surface area contributed by atoms with Crippen LogP contribution in [0.2, 0.25) is 0 Å². The van der Waals surface area contributed by atoms with Crippen LogP contribution in [0.1, 0.15) is 10.4 Å². The number of aromatic hydroxyl groups is 1. The summed E-state index contributed by atoms with van der Waals surface area (Å²) in [5.74, 6) is -3.41. The highest BCUT2D eigenvalue weighted by atomic mass is 79.9. The van der Waals surface area contributed by atoms with Crippen LogP contribution in [0.4, 0.5) is 8.78 Å². The molecule has 0 atom stereocenters. The molecule has 0 heterocycles. The summed E-state index contributed by atoms with van der Waals surface area (Å²) in [6.07, 6.45) is 0. The fourth-order valence-electron chi connectivity index (χ4n) is 0.851. The number of carbonyl (C=O) groups is 1. The minimum absolute atomic E-state index is 0.0938. The van der Waals surface area contributed by atoms with E-state index >= 15 is 0 Å². The number of rotatable bonds is 2. The summed E-state index contributed by atoms with van der Waals surface area (Å²) in [5.41, 5.74) is -0.352. The van der Waals surface area contributed by atoms with Crippen molar-refractivity contribution in [3.63, 3.8) is 0 Å². The molecular formula is C8H5BrF2O2. The first-order valence-corrected chi connectivity index (χ1v) is 4.45. The highest BCUT2D eigenvalue weighted by Gasteiger charge is 2.15. The molecule has 0 saturated carbocycles. The maximum atomic E-state index is 12.7. The Morgan fingerprint density at radius 3 is 2.62 bits per heavy atom. The van der Waals surface area contributed by atoms with Gasteiger partial charge in [-0.25, -0.2) is 8.78 Å². The van der Waals surface area contributed by atoms with Crippen LogP contribution in [0, 0.1) is 11.6 Å². The second-order valence-corrected chi connectivity index (χ2v) is 2.90. The number of halogens is 3. The molecule has 0 aromatic heterocycles. The minimum atomic E-state index is -1.13. The molecule has 0 radical (unpaired) electrons. The summed E-state index contributed by atoms with van der Waals surface area (Å²) in [4.78, 5) is 11.0. The number of hydrogen-bond acceptors (Lipinski definition) is 2. The van der Waals surface area contributed by atoms with Gasteiger partial charge in [-0.15, -0.1) is 0 Å². The molecule has 1 N–H and O–H groups in total. The highest BCUT2D eigenvalue weighted by Crippen LogP contribution is 2.23. The largest absolute Gasteiger partial charge is 0.504 e. The van der Waals surface area contributed by atoms with E-state index in [0.29, 0.717) is 6.07 Å². The van der Waals surface area contributed by atoms with Crippen LogP contribution < -0.4 is 0 Å². The van der Waals surface area contributed by atoms with E-state index in [2.05, 4.69) is 15.9 Å². The van der Waals surface area contributed by atoms with E-state index in [9.17, 15) is 13.6 Å². The number of carbonyl (C=O) groups excluding carboxylic acids is 1. The van der Waals surface area contributed by atoms with Crippen molar-refractivity contribution in [1.82, 2.24) is 0 Å². The number of ketones is 1. The van der Waals surface area contributed by atoms with E-state index in [1.165, 1.54) is 0 Å². The van der Waals surface area contributed by atoms with E-state index in [1.54, 1.807) is 0 Å². The van der Waals surface area contributed by atoms with E-state index in [4.69, 9.17) is 5.11 Å². The topological polar surface area (TPSA) is 37.3 Å². The molecule has 0 aliphatic rings. The molecular weight excluding hydrogens is 246 g/mol. The average Bonchev–Trinajstić information content (AvgIpc) is 2.10. The number of phenolic OH excluding ortho intramolecular Hbond substituents is 1. The summed E-state index contributed by atoms with van der Waals surface area (Å²) in [5, 5.41) is 8.95. The van der Waals surface area contributed by atoms with E-state index in [1.807, 2.05) is 0 Å². The van der Waals surface area contributed by atoms with E-state index < -0.39 is 23.2 Å². The maximum absolute atomic E-state index is 12.7. The Balaban J connectivity index is 3.28. The Labute approximate surface area is 81.3 Å². The second kappa shape index (κ2) is 3.83. The zero-order valence-electron chi connectivity index (χ0n) is 6.35. The van der Waals surface area contributed by atoms with Gasteiger partial charge in [0.05, 0.1) is 10.9 Å². The van der Waals surface area contributed by atoms with Crippen LogP contribution in [0.15, 0.2) is 12.1 Å². The van der Waals surface area contributed by atoms with Gasteiger partial charge in [0.1, 0.15) is 5.82 Å². The SMILES string of the molecule is O=C(CBr)c1cc(F)cc(F)c1O. The fraction of sp³-hybridized carbons (Fsp3) is 0.125. The van der Waals surface area contributed by atoms with Crippen LogP contribution in [0.3, 0.4) is 0 Å². The van der Waals surface area contributed by atoms with Crippen LogP contribution in [0.25, 0.3) is 0 Å². The summed E-state index contributed by atoms with van der Waals surface area (Å²) >= 11 is 2.83. The Morgan fingerprint density at radius 1 is 1.46 bits per heavy atom. The summed E-state index contributed by atoms with van der Waals surface area (Å²) < 4.78 is 25.3. The number of benzene rings is 1. The van der Waals surface area contributed by atoms with Gasteiger partial charge >= 0.3 is 0 Å². The Bertz CT molecular complexity index is 352. The van der Waals surface area contributed by atoms with Crippen LogP contribution in [-0.2, 0) is 0 Å². The molecule has 2 nitrogen and oxygen atoms in total. The lowest BCUT2D eigenvalue weighted by molar-refractivity contribution is 0.102. The van der Waals surface area contributed by atoms with Crippen molar-refractivity contribution in [3.8, 4) is 5.75 Å². The van der Waals surface area contributed by atoms with Crippen molar-refractivity contribution >= 4 is 21.7 Å². The lowest BCUT2D eigenvalue weighted by atomic mass is 10.1. The van der Waals surface area contributed by atoms with Crippen LogP contribution in [0.5, 0.6) is 5.75 Å². The Hall–Kier alpha value is -0.970. The fourth-order valence-corrected chi connectivity index (χ4v) is 1.15. The third kappa shape index (κ3) is 2.03. The summed E-state index contributed by atoms with van der Waals surface area (Å²) in [7, 11) is 0. The molecule has 0 bridgehead atoms. The molecule has 0 aliphatic carbocycles. The molecule has 1 rings (SSSR count). The minimum Gasteiger partial charge on any atom is -0.504 e. The lowest BCUT2D eigenvalue weighted by Gasteiger charge is -2.02. The first-order chi connectivity index (χ1) is 6.06. The second-order valence-electron chi connectivity index (χ2n) is 2.34. The van der Waals surface area contributed by atoms with Crippen molar-refractivity contribution in [2.75, 3.05) is 5.33 Å². The molecule has 1 aromatic carbocycles. The number of Topliss-reactive ketones (excluding diaryl/α,β-unsaturated/α-hetero) is 1. The molecule has 0 aliphatic heterocycles. The predicted molar refractivity (Wildman–Crippen MR) is 46.1 cm³/mol. The lowest BCUT2D eigenvalue weighted by Crippen LogP contribution is -2.02. The van der Waals surface area contributed by atoms with Crippen molar-refractivity contribution in [1.29, 1.82) is 0 Å². The molecule has 0 spiro atoms. The van der Waals surface area contributed by atoms with Crippen LogP contribution in [-0.4, -0.2) is 16.2 Å². The van der Waals surface area contributed by atoms with Gasteiger partial charge < -0.3 is 5.11 Å². The zero-order chi connectivity index (χ0) is 10.0. The van der Waals surface area contributed by atoms with E-state index in [0.717, 1.165) is 6.07 Å². The van der Waals surface area contributed by atoms with Gasteiger partial charge in [0.15, 0.2) is 17.3 Å². The van der Waals surface area contributed by atoms with Gasteiger partial charge in [-0.05, 0) is 6.07 Å². The van der Waals surface area contributed by atoms with Crippen molar-refractivity contribution in [2.45, 2.75) is 0 Å². The van der Waals surface area contributed by atoms with Gasteiger partial charge in [0, 0.05) is 6.07 Å². The number of hydrogen-bond donors (Lipinski definition) is 1. The van der Waals surface area contributed by atoms with Crippen molar-refractivity contribution in [3.05, 3.63) is 29.3 Å². The summed E-state index contributed by atoms with van der Waals surface area (Å²) in [6, 6.07) is 1.31. The zero-order valence-corrected chi connectivity index (χ0v) is 7.94. The number of alkyl halides is 1. The summed E-state index contributed by atoms with van der Waals surface area (Å²) in [6.45, 7) is 0. The smallest absolute Gasteiger partial charge is 0.177 e. The molecule has 1 aromatic rings. The molecule has 0 fully saturated rings. The molecule has 5 heteroatoms. The monoisotopic (exact) mass is 250 g/mol. The Morgan fingerprint density at radius 2 is 2.08 bits per heavy atom. The van der Waals surface area contributed by atoms with Crippen molar-refractivity contribution in [2.24, 2.45) is 0 Å². The molecule has 70 valence electrons. The van der Waals surface area contributed by atoms with E-state index in [-0.39, 0.29) is 10.9 Å². The van der Waals surface area contributed by atoms with Gasteiger partial charge in [-0.1, -0.05) is 15.9 Å². The molecule has 0 unspecified atom stereocenters. The standard InChI is InChI=1S/C8H5BrF2O2/c9-3-7(12)5-1-4(10)2-6(11)8(5)13/h1-2,13H,3H2. The first-order valence-electron chi connectivity index (χ1n) is 3.33. The first kappa shape index (κ1) is 10.1. The predicted octanol–water partition coefficient (Wildman–Crippen LogP) is 2.25. The highest BCUT2D eigenvalue weighted by molar-refractivity contribution is 9.09. The normalized spacial score (nSPS) is 10.1. The maximum Gasteiger partial charge on any atom is 0.177 e. The average molecular weight is 251 g/mol. The van der Waals surface area contributed by atoms with Crippen LogP contribution >= 0.6 is 15.9 Å². The van der Waals surface area contributed by atoms with Gasteiger partial charge in [-0.2, -0.15) is 0 Å². The third-order valence-corrected chi connectivity index (χ3v) is 1.96. The molecule has 0 saturated heterocycles. The molecule has 0 amide bonds. The molecule has 13 heavy (non-hydrogen) atoms. The van der Waals surface area contributed by atoms with Crippen molar-refractivity contribution < 1.29 is 18.7 Å². The third-order valence-electron chi connectivity index (χ3n) is 1.45.